The van der Waals surface area contributed by atoms with Gasteiger partial charge in [-0.05, 0) is 30.3 Å². The number of nitrogens with zero attached hydrogens (tertiary/aromatic N) is 1. The molecule has 0 aliphatic rings. The van der Waals surface area contributed by atoms with E-state index >= 15 is 0 Å². The summed E-state index contributed by atoms with van der Waals surface area (Å²) in [6, 6.07) is 7.66. The van der Waals surface area contributed by atoms with E-state index in [2.05, 4.69) is 4.74 Å². The van der Waals surface area contributed by atoms with E-state index in [1.165, 1.54) is 37.0 Å². The molecule has 1 aromatic carbocycles. The van der Waals surface area contributed by atoms with Crippen LogP contribution in [0.4, 0.5) is 0 Å². The number of carbonyl (C=O) groups excluding carboxylic acids is 3. The number of rotatable bonds is 4. The van der Waals surface area contributed by atoms with Gasteiger partial charge in [0, 0.05) is 6.20 Å². The Morgan fingerprint density at radius 2 is 1.81 bits per heavy atom. The van der Waals surface area contributed by atoms with Gasteiger partial charge in [0.15, 0.2) is 6.29 Å². The molecule has 0 atom stereocenters. The number of aromatic nitrogens is 1. The van der Waals surface area contributed by atoms with Crippen molar-refractivity contribution < 1.29 is 23.9 Å². The third kappa shape index (κ3) is 2.69. The van der Waals surface area contributed by atoms with E-state index in [-0.39, 0.29) is 11.1 Å². The monoisotopic (exact) mass is 287 g/mol. The molecule has 1 heterocycles. The number of ether oxygens (including phenoxy) is 2. The molecule has 6 nitrogen and oxygen atoms in total. The lowest BCUT2D eigenvalue weighted by Crippen LogP contribution is -2.11. The Labute approximate surface area is 120 Å². The molecule has 1 aromatic heterocycles. The van der Waals surface area contributed by atoms with Gasteiger partial charge < -0.3 is 14.0 Å². The van der Waals surface area contributed by atoms with E-state index in [1.807, 2.05) is 0 Å². The second-order valence-corrected chi connectivity index (χ2v) is 4.14. The summed E-state index contributed by atoms with van der Waals surface area (Å²) < 4.78 is 10.9. The van der Waals surface area contributed by atoms with Crippen molar-refractivity contribution in [3.05, 3.63) is 53.3 Å². The number of methoxy groups -OCH3 is 2. The van der Waals surface area contributed by atoms with E-state index in [4.69, 9.17) is 4.74 Å². The molecule has 0 unspecified atom stereocenters. The van der Waals surface area contributed by atoms with Crippen molar-refractivity contribution >= 4 is 18.2 Å². The summed E-state index contributed by atoms with van der Waals surface area (Å²) in [7, 11) is 2.53. The molecule has 0 fully saturated rings. The van der Waals surface area contributed by atoms with Crippen LogP contribution < -0.4 is 0 Å². The maximum atomic E-state index is 11.8. The minimum Gasteiger partial charge on any atom is -0.465 e. The SMILES string of the molecule is COC(=O)c1ccc(C(=O)OC)c(-n2cccc2C=O)c1. The number of hydrogen-bond donors (Lipinski definition) is 0. The van der Waals surface area contributed by atoms with Gasteiger partial charge >= 0.3 is 11.9 Å². The summed E-state index contributed by atoms with van der Waals surface area (Å²) in [4.78, 5) is 34.5. The topological polar surface area (TPSA) is 74.6 Å². The van der Waals surface area contributed by atoms with Crippen molar-refractivity contribution in [1.82, 2.24) is 4.57 Å². The molecule has 6 heteroatoms. The molecule has 2 rings (SSSR count). The van der Waals surface area contributed by atoms with Gasteiger partial charge in [-0.2, -0.15) is 0 Å². The Morgan fingerprint density at radius 3 is 2.43 bits per heavy atom. The van der Waals surface area contributed by atoms with Gasteiger partial charge in [-0.15, -0.1) is 0 Å². The minimum atomic E-state index is -0.563. The zero-order valence-corrected chi connectivity index (χ0v) is 11.5. The molecular formula is C15H13NO5. The van der Waals surface area contributed by atoms with Crippen molar-refractivity contribution in [2.24, 2.45) is 0 Å². The fraction of sp³-hybridized carbons (Fsp3) is 0.133. The minimum absolute atomic E-state index is 0.240. The van der Waals surface area contributed by atoms with Crippen LogP contribution in [0.5, 0.6) is 0 Å². The maximum Gasteiger partial charge on any atom is 0.339 e. The number of benzene rings is 1. The first kappa shape index (κ1) is 14.5. The number of aldehydes is 1. The molecule has 2 aromatic rings. The van der Waals surface area contributed by atoms with Crippen molar-refractivity contribution in [3.63, 3.8) is 0 Å². The quantitative estimate of drug-likeness (QED) is 0.634. The molecule has 21 heavy (non-hydrogen) atoms. The summed E-state index contributed by atoms with van der Waals surface area (Å²) >= 11 is 0. The lowest BCUT2D eigenvalue weighted by atomic mass is 10.1. The van der Waals surface area contributed by atoms with Gasteiger partial charge in [-0.25, -0.2) is 9.59 Å². The summed E-state index contributed by atoms with van der Waals surface area (Å²) in [5.41, 5.74) is 1.23. The Morgan fingerprint density at radius 1 is 1.10 bits per heavy atom. The molecule has 0 amide bonds. The van der Waals surface area contributed by atoms with Crippen LogP contribution in [-0.4, -0.2) is 37.0 Å². The number of esters is 2. The summed E-state index contributed by atoms with van der Waals surface area (Å²) in [5.74, 6) is -1.10. The fourth-order valence-electron chi connectivity index (χ4n) is 1.97. The van der Waals surface area contributed by atoms with E-state index in [0.29, 0.717) is 17.7 Å². The number of hydrogen-bond acceptors (Lipinski definition) is 5. The normalized spacial score (nSPS) is 10.0. The van der Waals surface area contributed by atoms with Crippen molar-refractivity contribution in [2.45, 2.75) is 0 Å². The second kappa shape index (κ2) is 6.04. The molecule has 0 aliphatic heterocycles. The maximum absolute atomic E-state index is 11.8. The van der Waals surface area contributed by atoms with E-state index in [9.17, 15) is 14.4 Å². The predicted molar refractivity (Wildman–Crippen MR) is 73.8 cm³/mol. The Balaban J connectivity index is 2.66. The predicted octanol–water partition coefficient (Wildman–Crippen LogP) is 1.86. The Hall–Kier alpha value is -2.89. The fourth-order valence-corrected chi connectivity index (χ4v) is 1.97. The number of carbonyl (C=O) groups is 3. The van der Waals surface area contributed by atoms with Crippen LogP contribution in [0.15, 0.2) is 36.5 Å². The van der Waals surface area contributed by atoms with Gasteiger partial charge in [-0.3, -0.25) is 4.79 Å². The first-order valence-electron chi connectivity index (χ1n) is 6.06. The second-order valence-electron chi connectivity index (χ2n) is 4.14. The largest absolute Gasteiger partial charge is 0.465 e. The van der Waals surface area contributed by atoms with Crippen LogP contribution >= 0.6 is 0 Å². The van der Waals surface area contributed by atoms with Gasteiger partial charge in [0.2, 0.25) is 0 Å². The standard InChI is InChI=1S/C15H13NO5/c1-20-14(18)10-5-6-12(15(19)21-2)13(8-10)16-7-3-4-11(16)9-17/h3-9H,1-2H3. The van der Waals surface area contributed by atoms with Crippen molar-refractivity contribution in [3.8, 4) is 5.69 Å². The molecule has 0 saturated heterocycles. The van der Waals surface area contributed by atoms with Crippen LogP contribution in [0.3, 0.4) is 0 Å². The summed E-state index contributed by atoms with van der Waals surface area (Å²) in [5, 5.41) is 0. The average molecular weight is 287 g/mol. The third-order valence-corrected chi connectivity index (χ3v) is 2.98. The van der Waals surface area contributed by atoms with E-state index in [0.717, 1.165) is 0 Å². The van der Waals surface area contributed by atoms with Crippen molar-refractivity contribution in [2.75, 3.05) is 14.2 Å². The van der Waals surface area contributed by atoms with Crippen LogP contribution in [0, 0.1) is 0 Å². The van der Waals surface area contributed by atoms with Crippen LogP contribution in [0.2, 0.25) is 0 Å². The molecule has 0 saturated carbocycles. The van der Waals surface area contributed by atoms with E-state index in [1.54, 1.807) is 18.3 Å². The third-order valence-electron chi connectivity index (χ3n) is 2.98. The van der Waals surface area contributed by atoms with Gasteiger partial charge in [0.05, 0.1) is 36.7 Å². The molecule has 108 valence electrons. The van der Waals surface area contributed by atoms with Gasteiger partial charge in [0.25, 0.3) is 0 Å². The highest BCUT2D eigenvalue weighted by Gasteiger charge is 2.17. The first-order valence-corrected chi connectivity index (χ1v) is 6.06. The molecule has 0 bridgehead atoms. The summed E-state index contributed by atoms with van der Waals surface area (Å²) in [6.45, 7) is 0. The zero-order valence-electron chi connectivity index (χ0n) is 11.5. The smallest absolute Gasteiger partial charge is 0.339 e. The lowest BCUT2D eigenvalue weighted by molar-refractivity contribution is 0.0586. The molecule has 0 aliphatic carbocycles. The highest BCUT2D eigenvalue weighted by atomic mass is 16.5. The van der Waals surface area contributed by atoms with Crippen molar-refractivity contribution in [1.29, 1.82) is 0 Å². The Bertz CT molecular complexity index is 702. The average Bonchev–Trinajstić information content (AvgIpc) is 3.01. The highest BCUT2D eigenvalue weighted by Crippen LogP contribution is 2.20. The molecule has 0 N–H and O–H groups in total. The van der Waals surface area contributed by atoms with E-state index < -0.39 is 11.9 Å². The summed E-state index contributed by atoms with van der Waals surface area (Å²) in [6.07, 6.45) is 2.28. The molecular weight excluding hydrogens is 274 g/mol. The van der Waals surface area contributed by atoms with Crippen LogP contribution in [0.1, 0.15) is 31.2 Å². The first-order chi connectivity index (χ1) is 10.1. The van der Waals surface area contributed by atoms with Gasteiger partial charge in [-0.1, -0.05) is 0 Å². The van der Waals surface area contributed by atoms with Crippen LogP contribution in [-0.2, 0) is 9.47 Å². The van der Waals surface area contributed by atoms with Gasteiger partial charge in [0.1, 0.15) is 0 Å². The highest BCUT2D eigenvalue weighted by molar-refractivity contribution is 5.97. The molecule has 0 radical (unpaired) electrons. The Kier molecular flexibility index (Phi) is 4.18. The zero-order chi connectivity index (χ0) is 15.4. The van der Waals surface area contributed by atoms with Crippen LogP contribution in [0.25, 0.3) is 5.69 Å². The molecule has 0 spiro atoms. The lowest BCUT2D eigenvalue weighted by Gasteiger charge is -2.12.